The Kier molecular flexibility index (Phi) is 12.6. The quantitative estimate of drug-likeness (QED) is 0.315. The lowest BCUT2D eigenvalue weighted by Crippen LogP contribution is -2.45. The summed E-state index contributed by atoms with van der Waals surface area (Å²) in [7, 11) is -3.56. The summed E-state index contributed by atoms with van der Waals surface area (Å²) in [6, 6.07) is 13.0. The van der Waals surface area contributed by atoms with E-state index in [0.29, 0.717) is 49.8 Å². The molecule has 0 aromatic heterocycles. The van der Waals surface area contributed by atoms with Gasteiger partial charge in [-0.1, -0.05) is 29.8 Å². The molecule has 2 heterocycles. The third-order valence-corrected chi connectivity index (χ3v) is 10.9. The van der Waals surface area contributed by atoms with Crippen LogP contribution in [0.1, 0.15) is 56.6 Å². The van der Waals surface area contributed by atoms with Crippen molar-refractivity contribution in [2.24, 2.45) is 11.8 Å². The molecule has 0 atom stereocenters. The zero-order valence-corrected chi connectivity index (χ0v) is 27.6. The third kappa shape index (κ3) is 9.50. The number of piperidine rings is 2. The number of carbonyl (C=O) groups is 2. The molecule has 0 aliphatic carbocycles. The second kappa shape index (κ2) is 16.2. The number of amides is 2. The van der Waals surface area contributed by atoms with E-state index in [1.807, 2.05) is 47.1 Å². The molecule has 242 valence electrons. The van der Waals surface area contributed by atoms with Crippen molar-refractivity contribution >= 4 is 39.1 Å². The molecule has 0 radical (unpaired) electrons. The van der Waals surface area contributed by atoms with Crippen molar-refractivity contribution in [1.29, 1.82) is 0 Å². The van der Waals surface area contributed by atoms with Crippen LogP contribution < -0.4 is 9.62 Å². The standard InChI is InChI=1S/C33H47ClN4O5S/c1-25-5-8-30(24-32(25)34)38(33(41)29-13-20-37(21-14-29)26(2)40)17-4-16-36-18-11-28(12-19-36)23-27-6-9-31(10-7-27)44(42,43)35-15-3-22-39/h5-10,24,28-29,35,39H,3-4,11-23H2,1-2H3. The highest BCUT2D eigenvalue weighted by Crippen LogP contribution is 2.28. The Morgan fingerprint density at radius 3 is 2.30 bits per heavy atom. The molecule has 0 bridgehead atoms. The number of nitrogens with zero attached hydrogens (tertiary/aromatic N) is 3. The summed E-state index contributed by atoms with van der Waals surface area (Å²) in [6.45, 7) is 8.48. The fourth-order valence-electron chi connectivity index (χ4n) is 6.15. The summed E-state index contributed by atoms with van der Waals surface area (Å²) in [4.78, 5) is 31.9. The summed E-state index contributed by atoms with van der Waals surface area (Å²) in [5.41, 5.74) is 2.95. The lowest BCUT2D eigenvalue weighted by molar-refractivity contribution is -0.133. The van der Waals surface area contributed by atoms with E-state index in [0.717, 1.165) is 62.1 Å². The first-order valence-electron chi connectivity index (χ1n) is 15.8. The first-order valence-corrected chi connectivity index (χ1v) is 17.7. The Morgan fingerprint density at radius 1 is 1.00 bits per heavy atom. The monoisotopic (exact) mass is 646 g/mol. The second-order valence-corrected chi connectivity index (χ2v) is 14.3. The minimum absolute atomic E-state index is 0.0509. The van der Waals surface area contributed by atoms with E-state index in [1.165, 1.54) is 0 Å². The highest BCUT2D eigenvalue weighted by atomic mass is 35.5. The fraction of sp³-hybridized carbons (Fsp3) is 0.576. The molecule has 4 rings (SSSR count). The van der Waals surface area contributed by atoms with Crippen molar-refractivity contribution in [3.05, 3.63) is 58.6 Å². The van der Waals surface area contributed by atoms with Crippen LogP contribution in [-0.4, -0.2) is 87.6 Å². The van der Waals surface area contributed by atoms with Gasteiger partial charge in [-0.15, -0.1) is 0 Å². The number of aliphatic hydroxyl groups excluding tert-OH is 1. The van der Waals surface area contributed by atoms with Gasteiger partial charge in [-0.3, -0.25) is 9.59 Å². The Balaban J connectivity index is 1.26. The number of hydrogen-bond acceptors (Lipinski definition) is 6. The SMILES string of the molecule is CC(=O)N1CCC(C(=O)N(CCCN2CCC(Cc3ccc(S(=O)(=O)NCCCO)cc3)CC2)c2ccc(C)c(Cl)c2)CC1. The Hall–Kier alpha value is -2.50. The molecule has 2 saturated heterocycles. The van der Waals surface area contributed by atoms with Gasteiger partial charge in [0, 0.05) is 56.3 Å². The number of likely N-dealkylation sites (tertiary alicyclic amines) is 2. The summed E-state index contributed by atoms with van der Waals surface area (Å²) in [5, 5.41) is 9.54. The topological polar surface area (TPSA) is 110 Å². The van der Waals surface area contributed by atoms with Gasteiger partial charge in [0.1, 0.15) is 0 Å². The first-order chi connectivity index (χ1) is 21.1. The van der Waals surface area contributed by atoms with E-state index >= 15 is 0 Å². The van der Waals surface area contributed by atoms with Gasteiger partial charge in [0.2, 0.25) is 21.8 Å². The van der Waals surface area contributed by atoms with Gasteiger partial charge in [-0.05, 0) is 113 Å². The van der Waals surface area contributed by atoms with E-state index in [9.17, 15) is 18.0 Å². The van der Waals surface area contributed by atoms with Crippen LogP contribution in [0.5, 0.6) is 0 Å². The molecule has 2 aromatic rings. The average molecular weight is 647 g/mol. The maximum absolute atomic E-state index is 13.7. The molecule has 0 saturated carbocycles. The van der Waals surface area contributed by atoms with Crippen LogP contribution in [-0.2, 0) is 26.0 Å². The van der Waals surface area contributed by atoms with Crippen LogP contribution in [0.15, 0.2) is 47.4 Å². The van der Waals surface area contributed by atoms with Gasteiger partial charge in [-0.2, -0.15) is 0 Å². The number of sulfonamides is 1. The number of rotatable bonds is 13. The van der Waals surface area contributed by atoms with E-state index in [-0.39, 0.29) is 35.8 Å². The molecule has 2 aliphatic heterocycles. The Morgan fingerprint density at radius 2 is 1.68 bits per heavy atom. The zero-order valence-electron chi connectivity index (χ0n) is 26.0. The van der Waals surface area contributed by atoms with Gasteiger partial charge >= 0.3 is 0 Å². The van der Waals surface area contributed by atoms with Crippen molar-refractivity contribution < 1.29 is 23.1 Å². The molecule has 0 unspecified atom stereocenters. The maximum Gasteiger partial charge on any atom is 0.240 e. The number of aliphatic hydroxyl groups is 1. The molecule has 2 aromatic carbocycles. The van der Waals surface area contributed by atoms with E-state index in [1.54, 1.807) is 19.1 Å². The minimum Gasteiger partial charge on any atom is -0.396 e. The molecule has 2 N–H and O–H groups in total. The smallest absolute Gasteiger partial charge is 0.240 e. The van der Waals surface area contributed by atoms with Crippen molar-refractivity contribution in [2.45, 2.75) is 63.7 Å². The highest BCUT2D eigenvalue weighted by molar-refractivity contribution is 7.89. The number of halogens is 1. The number of aryl methyl sites for hydroxylation is 1. The van der Waals surface area contributed by atoms with Gasteiger partial charge in [0.05, 0.1) is 4.90 Å². The number of anilines is 1. The number of benzene rings is 2. The molecule has 0 spiro atoms. The van der Waals surface area contributed by atoms with Crippen LogP contribution >= 0.6 is 11.6 Å². The first kappa shape index (κ1) is 34.4. The minimum atomic E-state index is -3.56. The molecule has 2 fully saturated rings. The summed E-state index contributed by atoms with van der Waals surface area (Å²) >= 11 is 6.45. The largest absolute Gasteiger partial charge is 0.396 e. The van der Waals surface area contributed by atoms with Gasteiger partial charge in [0.15, 0.2) is 0 Å². The van der Waals surface area contributed by atoms with Crippen molar-refractivity contribution in [1.82, 2.24) is 14.5 Å². The van der Waals surface area contributed by atoms with Crippen LogP contribution in [0, 0.1) is 18.8 Å². The summed E-state index contributed by atoms with van der Waals surface area (Å²) in [6.07, 6.45) is 5.68. The molecule has 2 aliphatic rings. The van der Waals surface area contributed by atoms with E-state index in [2.05, 4.69) is 9.62 Å². The second-order valence-electron chi connectivity index (χ2n) is 12.2. The lowest BCUT2D eigenvalue weighted by Gasteiger charge is -2.35. The number of nitrogens with one attached hydrogen (secondary N) is 1. The molecule has 11 heteroatoms. The predicted octanol–water partition coefficient (Wildman–Crippen LogP) is 4.25. The maximum atomic E-state index is 13.7. The van der Waals surface area contributed by atoms with Crippen LogP contribution in [0.4, 0.5) is 5.69 Å². The van der Waals surface area contributed by atoms with Gasteiger partial charge < -0.3 is 19.8 Å². The van der Waals surface area contributed by atoms with Gasteiger partial charge in [0.25, 0.3) is 0 Å². The number of hydrogen-bond donors (Lipinski definition) is 2. The van der Waals surface area contributed by atoms with E-state index in [4.69, 9.17) is 16.7 Å². The fourth-order valence-corrected chi connectivity index (χ4v) is 7.40. The molecular weight excluding hydrogens is 600 g/mol. The number of carbonyl (C=O) groups excluding carboxylic acids is 2. The third-order valence-electron chi connectivity index (χ3n) is 8.97. The normalized spacial score (nSPS) is 17.1. The highest BCUT2D eigenvalue weighted by Gasteiger charge is 2.30. The van der Waals surface area contributed by atoms with E-state index < -0.39 is 10.0 Å². The lowest BCUT2D eigenvalue weighted by atomic mass is 9.90. The summed E-state index contributed by atoms with van der Waals surface area (Å²) < 4.78 is 27.3. The molecule has 9 nitrogen and oxygen atoms in total. The van der Waals surface area contributed by atoms with Crippen LogP contribution in [0.3, 0.4) is 0 Å². The average Bonchev–Trinajstić information content (AvgIpc) is 3.02. The molecular formula is C33H47ClN4O5S. The molecule has 2 amide bonds. The Labute approximate surface area is 267 Å². The van der Waals surface area contributed by atoms with Crippen LogP contribution in [0.2, 0.25) is 5.02 Å². The van der Waals surface area contributed by atoms with Crippen molar-refractivity contribution in [3.63, 3.8) is 0 Å². The Bertz CT molecular complexity index is 1350. The summed E-state index contributed by atoms with van der Waals surface area (Å²) in [5.74, 6) is 0.628. The van der Waals surface area contributed by atoms with Gasteiger partial charge in [-0.25, -0.2) is 13.1 Å². The molecule has 44 heavy (non-hydrogen) atoms. The van der Waals surface area contributed by atoms with Crippen LogP contribution in [0.25, 0.3) is 0 Å². The predicted molar refractivity (Wildman–Crippen MR) is 174 cm³/mol. The zero-order chi connectivity index (χ0) is 31.7. The van der Waals surface area contributed by atoms with Crippen molar-refractivity contribution in [2.75, 3.05) is 57.3 Å². The van der Waals surface area contributed by atoms with Crippen molar-refractivity contribution in [3.8, 4) is 0 Å².